The number of carbonyl (C=O) groups excluding carboxylic acids is 1. The van der Waals surface area contributed by atoms with E-state index in [2.05, 4.69) is 24.4 Å². The molecule has 2 rings (SSSR count). The summed E-state index contributed by atoms with van der Waals surface area (Å²) in [5, 5.41) is 4.64. The van der Waals surface area contributed by atoms with Crippen LogP contribution in [0.3, 0.4) is 0 Å². The molecule has 0 bridgehead atoms. The standard InChI is InChI=1S/C20H23ClN2O2/c1-12(2)17-9-16(14(4)8-19(17)25-5)11-22-23-20(24)15-7-6-13(3)18(21)10-15/h6-12H,1-5H3,(H,23,24)/b22-11-. The maximum absolute atomic E-state index is 12.2. The molecule has 0 heterocycles. The van der Waals surface area contributed by atoms with Crippen LogP contribution in [-0.2, 0) is 0 Å². The van der Waals surface area contributed by atoms with Gasteiger partial charge in [0, 0.05) is 10.6 Å². The molecule has 0 fully saturated rings. The van der Waals surface area contributed by atoms with E-state index in [1.165, 1.54) is 0 Å². The lowest BCUT2D eigenvalue weighted by molar-refractivity contribution is 0.0955. The van der Waals surface area contributed by atoms with Crippen molar-refractivity contribution in [1.29, 1.82) is 0 Å². The van der Waals surface area contributed by atoms with E-state index in [1.807, 2.05) is 32.0 Å². The minimum atomic E-state index is -0.298. The van der Waals surface area contributed by atoms with Gasteiger partial charge in [-0.2, -0.15) is 5.10 Å². The molecule has 0 radical (unpaired) electrons. The summed E-state index contributed by atoms with van der Waals surface area (Å²) in [6.07, 6.45) is 1.65. The van der Waals surface area contributed by atoms with Crippen molar-refractivity contribution >= 4 is 23.7 Å². The first-order chi connectivity index (χ1) is 11.8. The lowest BCUT2D eigenvalue weighted by Gasteiger charge is -2.14. The molecule has 0 aliphatic heterocycles. The SMILES string of the molecule is COc1cc(C)c(/C=N\NC(=O)c2ccc(C)c(Cl)c2)cc1C(C)C. The van der Waals surface area contributed by atoms with E-state index < -0.39 is 0 Å². The molecular formula is C20H23ClN2O2. The van der Waals surface area contributed by atoms with Gasteiger partial charge in [0.05, 0.1) is 13.3 Å². The number of aryl methyl sites for hydroxylation is 2. The number of halogens is 1. The van der Waals surface area contributed by atoms with Gasteiger partial charge < -0.3 is 4.74 Å². The van der Waals surface area contributed by atoms with Crippen molar-refractivity contribution in [3.63, 3.8) is 0 Å². The zero-order valence-electron chi connectivity index (χ0n) is 15.2. The number of nitrogens with one attached hydrogen (secondary N) is 1. The average Bonchev–Trinajstić information content (AvgIpc) is 2.57. The summed E-state index contributed by atoms with van der Waals surface area (Å²) >= 11 is 6.05. The van der Waals surface area contributed by atoms with Crippen molar-refractivity contribution in [3.05, 3.63) is 63.2 Å². The number of hydrazone groups is 1. The fourth-order valence-corrected chi connectivity index (χ4v) is 2.62. The molecule has 4 nitrogen and oxygen atoms in total. The molecule has 0 unspecified atom stereocenters. The van der Waals surface area contributed by atoms with Crippen LogP contribution in [0.15, 0.2) is 35.4 Å². The first-order valence-electron chi connectivity index (χ1n) is 8.11. The van der Waals surface area contributed by atoms with E-state index in [-0.39, 0.29) is 5.91 Å². The Labute approximate surface area is 153 Å². The summed E-state index contributed by atoms with van der Waals surface area (Å²) in [5.74, 6) is 0.892. The third-order valence-corrected chi connectivity index (χ3v) is 4.45. The van der Waals surface area contributed by atoms with Gasteiger partial charge in [-0.3, -0.25) is 4.79 Å². The van der Waals surface area contributed by atoms with Crippen LogP contribution in [0.2, 0.25) is 5.02 Å². The predicted molar refractivity (Wildman–Crippen MR) is 103 cm³/mol. The Balaban J connectivity index is 2.17. The van der Waals surface area contributed by atoms with Gasteiger partial charge in [0.1, 0.15) is 5.75 Å². The highest BCUT2D eigenvalue weighted by molar-refractivity contribution is 6.31. The molecule has 0 spiro atoms. The van der Waals surface area contributed by atoms with Gasteiger partial charge in [-0.1, -0.05) is 31.5 Å². The molecule has 0 aliphatic rings. The van der Waals surface area contributed by atoms with E-state index in [1.54, 1.807) is 25.5 Å². The second-order valence-corrected chi connectivity index (χ2v) is 6.68. The number of amides is 1. The number of benzene rings is 2. The topological polar surface area (TPSA) is 50.7 Å². The van der Waals surface area contributed by atoms with Gasteiger partial charge in [-0.15, -0.1) is 0 Å². The van der Waals surface area contributed by atoms with Crippen molar-refractivity contribution in [1.82, 2.24) is 5.43 Å². The second-order valence-electron chi connectivity index (χ2n) is 6.27. The van der Waals surface area contributed by atoms with Crippen LogP contribution in [0.4, 0.5) is 0 Å². The van der Waals surface area contributed by atoms with E-state index in [0.717, 1.165) is 28.0 Å². The van der Waals surface area contributed by atoms with Gasteiger partial charge in [0.2, 0.25) is 0 Å². The monoisotopic (exact) mass is 358 g/mol. The summed E-state index contributed by atoms with van der Waals surface area (Å²) in [4.78, 5) is 12.2. The molecule has 2 aromatic carbocycles. The van der Waals surface area contributed by atoms with E-state index in [9.17, 15) is 4.79 Å². The molecule has 0 aromatic heterocycles. The smallest absolute Gasteiger partial charge is 0.271 e. The minimum absolute atomic E-state index is 0.298. The summed E-state index contributed by atoms with van der Waals surface area (Å²) < 4.78 is 5.44. The van der Waals surface area contributed by atoms with Crippen molar-refractivity contribution in [2.45, 2.75) is 33.6 Å². The zero-order valence-corrected chi connectivity index (χ0v) is 15.9. The Kier molecular flexibility index (Phi) is 6.21. The highest BCUT2D eigenvalue weighted by Crippen LogP contribution is 2.29. The van der Waals surface area contributed by atoms with Crippen LogP contribution in [0.1, 0.15) is 52.4 Å². The number of methoxy groups -OCH3 is 1. The molecule has 1 amide bonds. The predicted octanol–water partition coefficient (Wildman–Crippen LogP) is 4.85. The van der Waals surface area contributed by atoms with Gasteiger partial charge in [0.25, 0.3) is 5.91 Å². The van der Waals surface area contributed by atoms with Gasteiger partial charge in [-0.05, 0) is 66.3 Å². The van der Waals surface area contributed by atoms with E-state index >= 15 is 0 Å². The Morgan fingerprint density at radius 3 is 2.52 bits per heavy atom. The molecule has 2 aromatic rings. The molecule has 1 N–H and O–H groups in total. The summed E-state index contributed by atoms with van der Waals surface area (Å²) in [7, 11) is 1.67. The summed E-state index contributed by atoms with van der Waals surface area (Å²) in [6, 6.07) is 9.19. The third-order valence-electron chi connectivity index (χ3n) is 4.04. The van der Waals surface area contributed by atoms with Gasteiger partial charge in [-0.25, -0.2) is 5.43 Å². The third kappa shape index (κ3) is 4.60. The minimum Gasteiger partial charge on any atom is -0.496 e. The highest BCUT2D eigenvalue weighted by atomic mass is 35.5. The average molecular weight is 359 g/mol. The largest absolute Gasteiger partial charge is 0.496 e. The number of carbonyl (C=O) groups is 1. The quantitative estimate of drug-likeness (QED) is 0.613. The maximum Gasteiger partial charge on any atom is 0.271 e. The Hall–Kier alpha value is -2.33. The van der Waals surface area contributed by atoms with Crippen LogP contribution < -0.4 is 10.2 Å². The first kappa shape index (κ1) is 19.0. The van der Waals surface area contributed by atoms with Crippen molar-refractivity contribution < 1.29 is 9.53 Å². The summed E-state index contributed by atoms with van der Waals surface area (Å²) in [6.45, 7) is 8.09. The Morgan fingerprint density at radius 1 is 1.20 bits per heavy atom. The van der Waals surface area contributed by atoms with Crippen molar-refractivity contribution in [3.8, 4) is 5.75 Å². The summed E-state index contributed by atoms with van der Waals surface area (Å²) in [5.41, 5.74) is 7.01. The molecule has 0 aliphatic carbocycles. The second kappa shape index (κ2) is 8.17. The maximum atomic E-state index is 12.2. The molecule has 0 atom stereocenters. The highest BCUT2D eigenvalue weighted by Gasteiger charge is 2.11. The number of nitrogens with zero attached hydrogens (tertiary/aromatic N) is 1. The normalized spacial score (nSPS) is 11.2. The van der Waals surface area contributed by atoms with Gasteiger partial charge in [0.15, 0.2) is 0 Å². The zero-order chi connectivity index (χ0) is 18.6. The fourth-order valence-electron chi connectivity index (χ4n) is 2.44. The molecule has 132 valence electrons. The molecule has 0 saturated carbocycles. The lowest BCUT2D eigenvalue weighted by atomic mass is 9.97. The first-order valence-corrected chi connectivity index (χ1v) is 8.49. The fraction of sp³-hybridized carbons (Fsp3) is 0.300. The number of rotatable bonds is 5. The van der Waals surface area contributed by atoms with Crippen molar-refractivity contribution in [2.24, 2.45) is 5.10 Å². The molecule has 5 heteroatoms. The van der Waals surface area contributed by atoms with Gasteiger partial charge >= 0.3 is 0 Å². The number of ether oxygens (including phenoxy) is 1. The molecule has 0 saturated heterocycles. The number of hydrogen-bond acceptors (Lipinski definition) is 3. The van der Waals surface area contributed by atoms with Crippen LogP contribution >= 0.6 is 11.6 Å². The Bertz CT molecular complexity index is 814. The lowest BCUT2D eigenvalue weighted by Crippen LogP contribution is -2.17. The van der Waals surface area contributed by atoms with Crippen LogP contribution in [-0.4, -0.2) is 19.2 Å². The van der Waals surface area contributed by atoms with Crippen LogP contribution in [0.5, 0.6) is 5.75 Å². The van der Waals surface area contributed by atoms with Crippen LogP contribution in [0.25, 0.3) is 0 Å². The Morgan fingerprint density at radius 2 is 1.92 bits per heavy atom. The van der Waals surface area contributed by atoms with E-state index in [0.29, 0.717) is 16.5 Å². The molecule has 25 heavy (non-hydrogen) atoms. The number of hydrogen-bond donors (Lipinski definition) is 1. The van der Waals surface area contributed by atoms with E-state index in [4.69, 9.17) is 16.3 Å². The van der Waals surface area contributed by atoms with Crippen molar-refractivity contribution in [2.75, 3.05) is 7.11 Å². The van der Waals surface area contributed by atoms with Crippen LogP contribution in [0, 0.1) is 13.8 Å². The molecular weight excluding hydrogens is 336 g/mol.